The fourth-order valence-corrected chi connectivity index (χ4v) is 3.16. The number of nitrogens with one attached hydrogen (secondary N) is 1. The van der Waals surface area contributed by atoms with Crippen LogP contribution in [0.3, 0.4) is 0 Å². The van der Waals surface area contributed by atoms with E-state index in [9.17, 15) is 4.79 Å². The van der Waals surface area contributed by atoms with Gasteiger partial charge in [-0.3, -0.25) is 4.79 Å². The van der Waals surface area contributed by atoms with Crippen LogP contribution in [0.5, 0.6) is 0 Å². The maximum absolute atomic E-state index is 12.8. The highest BCUT2D eigenvalue weighted by atomic mass is 16.2. The predicted molar refractivity (Wildman–Crippen MR) is 103 cm³/mol. The molecule has 1 amide bonds. The minimum Gasteiger partial charge on any atom is -0.361 e. The Morgan fingerprint density at radius 2 is 1.88 bits per heavy atom. The highest BCUT2D eigenvalue weighted by molar-refractivity contribution is 5.84. The molecule has 26 heavy (non-hydrogen) atoms. The third-order valence-corrected chi connectivity index (χ3v) is 4.66. The number of hydrogen-bond donors (Lipinski definition) is 1. The van der Waals surface area contributed by atoms with Gasteiger partial charge >= 0.3 is 0 Å². The summed E-state index contributed by atoms with van der Waals surface area (Å²) in [6, 6.07) is 17.8. The molecule has 1 heterocycles. The van der Waals surface area contributed by atoms with E-state index in [0.29, 0.717) is 18.5 Å². The molecular formula is C22H23N3O. The number of aryl methyl sites for hydroxylation is 1. The van der Waals surface area contributed by atoms with Gasteiger partial charge in [0.05, 0.1) is 11.6 Å². The third-order valence-electron chi connectivity index (χ3n) is 4.66. The summed E-state index contributed by atoms with van der Waals surface area (Å²) in [5, 5.41) is 10.1. The molecule has 3 rings (SSSR count). The number of fused-ring (bicyclic) bond motifs is 1. The van der Waals surface area contributed by atoms with Crippen molar-refractivity contribution < 1.29 is 4.79 Å². The van der Waals surface area contributed by atoms with Crippen LogP contribution in [-0.4, -0.2) is 21.8 Å². The van der Waals surface area contributed by atoms with E-state index in [1.165, 1.54) is 10.9 Å². The molecule has 0 fully saturated rings. The van der Waals surface area contributed by atoms with Crippen LogP contribution in [0, 0.1) is 11.3 Å². The van der Waals surface area contributed by atoms with E-state index in [1.54, 1.807) is 12.1 Å². The molecule has 4 nitrogen and oxygen atoms in total. The van der Waals surface area contributed by atoms with Gasteiger partial charge in [0, 0.05) is 36.1 Å². The van der Waals surface area contributed by atoms with Crippen LogP contribution in [0.1, 0.15) is 37.0 Å². The summed E-state index contributed by atoms with van der Waals surface area (Å²) in [5.74, 6) is 0.148. The molecule has 0 unspecified atom stereocenters. The number of nitrogens with zero attached hydrogens (tertiary/aromatic N) is 2. The molecule has 0 saturated carbocycles. The van der Waals surface area contributed by atoms with Gasteiger partial charge in [-0.15, -0.1) is 0 Å². The van der Waals surface area contributed by atoms with E-state index in [1.807, 2.05) is 55.3 Å². The number of aromatic amines is 1. The number of para-hydroxylation sites is 1. The van der Waals surface area contributed by atoms with Crippen molar-refractivity contribution in [1.82, 2.24) is 9.88 Å². The normalized spacial score (nSPS) is 10.8. The van der Waals surface area contributed by atoms with E-state index in [4.69, 9.17) is 5.26 Å². The van der Waals surface area contributed by atoms with Crippen LogP contribution in [0.4, 0.5) is 0 Å². The molecule has 2 aromatic carbocycles. The maximum Gasteiger partial charge on any atom is 0.223 e. The van der Waals surface area contributed by atoms with Crippen LogP contribution in [0.2, 0.25) is 0 Å². The minimum atomic E-state index is 0.126. The van der Waals surface area contributed by atoms with Crippen LogP contribution in [0.25, 0.3) is 10.9 Å². The summed E-state index contributed by atoms with van der Waals surface area (Å²) in [5.41, 5.74) is 3.96. The molecule has 1 aromatic heterocycles. The smallest absolute Gasteiger partial charge is 0.223 e. The Kier molecular flexibility index (Phi) is 5.38. The second-order valence-electron chi connectivity index (χ2n) is 6.78. The van der Waals surface area contributed by atoms with Gasteiger partial charge in [0.2, 0.25) is 5.91 Å². The number of carbonyl (C=O) groups is 1. The van der Waals surface area contributed by atoms with Gasteiger partial charge in [0.25, 0.3) is 0 Å². The highest BCUT2D eigenvalue weighted by Crippen LogP contribution is 2.20. The Morgan fingerprint density at radius 3 is 2.58 bits per heavy atom. The molecule has 3 aromatic rings. The van der Waals surface area contributed by atoms with Crippen LogP contribution in [-0.2, 0) is 17.8 Å². The number of carbonyl (C=O) groups excluding carboxylic acids is 1. The van der Waals surface area contributed by atoms with Gasteiger partial charge in [-0.25, -0.2) is 0 Å². The van der Waals surface area contributed by atoms with E-state index in [0.717, 1.165) is 17.5 Å². The molecule has 0 atom stereocenters. The average Bonchev–Trinajstić information content (AvgIpc) is 3.07. The van der Waals surface area contributed by atoms with Crippen LogP contribution in [0.15, 0.2) is 54.7 Å². The quantitative estimate of drug-likeness (QED) is 0.719. The fraction of sp³-hybridized carbons (Fsp3) is 0.273. The molecule has 4 heteroatoms. The van der Waals surface area contributed by atoms with Crippen LogP contribution >= 0.6 is 0 Å². The van der Waals surface area contributed by atoms with Crippen molar-refractivity contribution in [3.63, 3.8) is 0 Å². The van der Waals surface area contributed by atoms with E-state index in [-0.39, 0.29) is 11.9 Å². The van der Waals surface area contributed by atoms with Crippen LogP contribution < -0.4 is 0 Å². The lowest BCUT2D eigenvalue weighted by molar-refractivity contribution is -0.133. The van der Waals surface area contributed by atoms with E-state index in [2.05, 4.69) is 17.1 Å². The van der Waals surface area contributed by atoms with Gasteiger partial charge in [-0.2, -0.15) is 5.26 Å². The molecule has 132 valence electrons. The zero-order chi connectivity index (χ0) is 18.5. The number of rotatable bonds is 6. The summed E-state index contributed by atoms with van der Waals surface area (Å²) in [7, 11) is 0. The molecule has 0 aliphatic heterocycles. The number of amides is 1. The first-order chi connectivity index (χ1) is 12.6. The fourth-order valence-electron chi connectivity index (χ4n) is 3.16. The number of benzene rings is 2. The molecule has 0 aliphatic carbocycles. The van der Waals surface area contributed by atoms with E-state index < -0.39 is 0 Å². The molecule has 0 radical (unpaired) electrons. The number of H-pyrrole nitrogens is 1. The lowest BCUT2D eigenvalue weighted by atomic mass is 10.1. The first kappa shape index (κ1) is 17.8. The van der Waals surface area contributed by atoms with Gasteiger partial charge in [0.1, 0.15) is 0 Å². The summed E-state index contributed by atoms with van der Waals surface area (Å²) < 4.78 is 0. The topological polar surface area (TPSA) is 59.9 Å². The molecular weight excluding hydrogens is 322 g/mol. The minimum absolute atomic E-state index is 0.126. The zero-order valence-electron chi connectivity index (χ0n) is 15.2. The molecule has 0 saturated heterocycles. The van der Waals surface area contributed by atoms with Crippen molar-refractivity contribution in [3.05, 3.63) is 71.4 Å². The van der Waals surface area contributed by atoms with Crippen molar-refractivity contribution >= 4 is 16.8 Å². The third kappa shape index (κ3) is 3.94. The summed E-state index contributed by atoms with van der Waals surface area (Å²) in [4.78, 5) is 18.0. The zero-order valence-corrected chi connectivity index (χ0v) is 15.2. The van der Waals surface area contributed by atoms with Gasteiger partial charge < -0.3 is 9.88 Å². The largest absolute Gasteiger partial charge is 0.361 e. The standard InChI is InChI=1S/C22H23N3O/c1-16(2)25(15-18-9-7-17(13-23)8-10-18)22(26)12-11-19-14-24-21-6-4-3-5-20(19)21/h3-10,14,16,24H,11-12,15H2,1-2H3. The summed E-state index contributed by atoms with van der Waals surface area (Å²) in [6.45, 7) is 4.64. The Morgan fingerprint density at radius 1 is 1.15 bits per heavy atom. The summed E-state index contributed by atoms with van der Waals surface area (Å²) >= 11 is 0. The second-order valence-corrected chi connectivity index (χ2v) is 6.78. The first-order valence-electron chi connectivity index (χ1n) is 8.92. The second kappa shape index (κ2) is 7.88. The van der Waals surface area contributed by atoms with Gasteiger partial charge in [0.15, 0.2) is 0 Å². The Hall–Kier alpha value is -3.06. The Balaban J connectivity index is 1.67. The SMILES string of the molecule is CC(C)N(Cc1ccc(C#N)cc1)C(=O)CCc1c[nH]c2ccccc12. The van der Waals surface area contributed by atoms with E-state index >= 15 is 0 Å². The van der Waals surface area contributed by atoms with Gasteiger partial charge in [-0.1, -0.05) is 30.3 Å². The maximum atomic E-state index is 12.8. The van der Waals surface area contributed by atoms with Crippen molar-refractivity contribution in [1.29, 1.82) is 5.26 Å². The van der Waals surface area contributed by atoms with Crippen molar-refractivity contribution in [2.75, 3.05) is 0 Å². The Labute approximate surface area is 154 Å². The predicted octanol–water partition coefficient (Wildman–Crippen LogP) is 4.41. The van der Waals surface area contributed by atoms with Crippen molar-refractivity contribution in [2.45, 2.75) is 39.3 Å². The highest BCUT2D eigenvalue weighted by Gasteiger charge is 2.18. The molecule has 1 N–H and O–H groups in total. The Bertz CT molecular complexity index is 932. The van der Waals surface area contributed by atoms with Crippen molar-refractivity contribution in [2.24, 2.45) is 0 Å². The monoisotopic (exact) mass is 345 g/mol. The van der Waals surface area contributed by atoms with Gasteiger partial charge in [-0.05, 0) is 49.6 Å². The lowest BCUT2D eigenvalue weighted by Crippen LogP contribution is -2.36. The molecule has 0 aliphatic rings. The number of hydrogen-bond acceptors (Lipinski definition) is 2. The number of aromatic nitrogens is 1. The first-order valence-corrected chi connectivity index (χ1v) is 8.92. The lowest BCUT2D eigenvalue weighted by Gasteiger charge is -2.27. The molecule has 0 spiro atoms. The molecule has 0 bridgehead atoms. The van der Waals surface area contributed by atoms with Crippen molar-refractivity contribution in [3.8, 4) is 6.07 Å². The summed E-state index contributed by atoms with van der Waals surface area (Å²) in [6.07, 6.45) is 3.20. The number of nitriles is 1. The average molecular weight is 345 g/mol.